The molecule has 0 atom stereocenters. The van der Waals surface area contributed by atoms with Crippen LogP contribution in [0.2, 0.25) is 0 Å². The van der Waals surface area contributed by atoms with E-state index in [4.69, 9.17) is 10.5 Å². The highest BCUT2D eigenvalue weighted by Crippen LogP contribution is 2.22. The van der Waals surface area contributed by atoms with Crippen LogP contribution in [0.4, 0.5) is 10.1 Å². The van der Waals surface area contributed by atoms with E-state index in [0.717, 1.165) is 0 Å². The molecule has 0 unspecified atom stereocenters. The van der Waals surface area contributed by atoms with Crippen molar-refractivity contribution in [3.05, 3.63) is 30.4 Å². The van der Waals surface area contributed by atoms with Gasteiger partial charge in [-0.1, -0.05) is 0 Å². The highest BCUT2D eigenvalue weighted by molar-refractivity contribution is 5.50. The smallest absolute Gasteiger partial charge is 0.146 e. The first kappa shape index (κ1) is 7.85. The quantitative estimate of drug-likeness (QED) is 0.623. The van der Waals surface area contributed by atoms with E-state index in [9.17, 15) is 4.39 Å². The van der Waals surface area contributed by atoms with Crippen LogP contribution in [-0.2, 0) is 0 Å². The summed E-state index contributed by atoms with van der Waals surface area (Å²) in [6, 6.07) is 2.66. The van der Waals surface area contributed by atoms with E-state index in [0.29, 0.717) is 11.3 Å². The molecule has 1 aromatic rings. The lowest BCUT2D eigenvalue weighted by Gasteiger charge is -2.05. The van der Waals surface area contributed by atoms with Crippen molar-refractivity contribution in [2.75, 3.05) is 12.8 Å². The topological polar surface area (TPSA) is 35.2 Å². The van der Waals surface area contributed by atoms with Crippen molar-refractivity contribution in [3.8, 4) is 5.75 Å². The molecule has 0 saturated heterocycles. The van der Waals surface area contributed by atoms with Crippen molar-refractivity contribution in [3.63, 3.8) is 0 Å². The number of hydrogen-bond acceptors (Lipinski definition) is 2. The molecule has 0 aliphatic carbocycles. The van der Waals surface area contributed by atoms with Crippen molar-refractivity contribution in [2.45, 2.75) is 0 Å². The third-order valence-corrected chi connectivity index (χ3v) is 1.40. The Labute approximate surface area is 64.8 Å². The minimum absolute atomic E-state index is 0.0780. The number of nitrogens with two attached hydrogens (primary N) is 1. The maximum absolute atomic E-state index is 12.7. The van der Waals surface area contributed by atoms with Crippen LogP contribution in [0.15, 0.2) is 12.1 Å². The molecule has 1 rings (SSSR count). The van der Waals surface area contributed by atoms with Crippen molar-refractivity contribution in [1.82, 2.24) is 0 Å². The zero-order valence-corrected chi connectivity index (χ0v) is 6.23. The van der Waals surface area contributed by atoms with Gasteiger partial charge >= 0.3 is 0 Å². The molecule has 3 heteroatoms. The number of ether oxygens (including phenoxy) is 1. The Balaban J connectivity index is 3.21. The summed E-state index contributed by atoms with van der Waals surface area (Å²) in [6.45, 7) is 3.57. The van der Waals surface area contributed by atoms with E-state index < -0.39 is 5.82 Å². The summed E-state index contributed by atoms with van der Waals surface area (Å²) in [7, 11) is 1.49. The molecule has 1 aromatic carbocycles. The van der Waals surface area contributed by atoms with Gasteiger partial charge < -0.3 is 10.5 Å². The van der Waals surface area contributed by atoms with Crippen LogP contribution in [0, 0.1) is 12.7 Å². The van der Waals surface area contributed by atoms with Gasteiger partial charge in [-0.05, 0) is 18.6 Å². The molecule has 0 aromatic heterocycles. The first-order valence-electron chi connectivity index (χ1n) is 3.10. The van der Waals surface area contributed by atoms with E-state index in [1.54, 1.807) is 0 Å². The zero-order chi connectivity index (χ0) is 8.43. The van der Waals surface area contributed by atoms with E-state index in [-0.39, 0.29) is 5.69 Å². The molecular formula is C8H9FNO. The largest absolute Gasteiger partial charge is 0.496 e. The zero-order valence-electron chi connectivity index (χ0n) is 6.23. The fraction of sp³-hybridized carbons (Fsp3) is 0.125. The molecule has 11 heavy (non-hydrogen) atoms. The van der Waals surface area contributed by atoms with Crippen LogP contribution in [0.3, 0.4) is 0 Å². The van der Waals surface area contributed by atoms with Crippen LogP contribution < -0.4 is 10.5 Å². The second kappa shape index (κ2) is 2.78. The summed E-state index contributed by atoms with van der Waals surface area (Å²) in [5.74, 6) is 0.0414. The molecule has 0 saturated carbocycles. The molecule has 0 fully saturated rings. The summed E-state index contributed by atoms with van der Waals surface area (Å²) in [4.78, 5) is 0. The Hall–Kier alpha value is -1.25. The van der Waals surface area contributed by atoms with Crippen LogP contribution in [-0.4, -0.2) is 7.11 Å². The number of benzene rings is 1. The molecule has 0 heterocycles. The summed E-state index contributed by atoms with van der Waals surface area (Å²) in [5.41, 5.74) is 5.86. The fourth-order valence-corrected chi connectivity index (χ4v) is 0.800. The second-order valence-corrected chi connectivity index (χ2v) is 2.19. The molecule has 0 aliphatic heterocycles. The molecule has 59 valence electrons. The summed E-state index contributed by atoms with van der Waals surface area (Å²) < 4.78 is 17.5. The Morgan fingerprint density at radius 2 is 2.18 bits per heavy atom. The van der Waals surface area contributed by atoms with E-state index in [1.807, 2.05) is 0 Å². The maximum atomic E-state index is 12.7. The van der Waals surface area contributed by atoms with Crippen molar-refractivity contribution in [2.24, 2.45) is 0 Å². The average molecular weight is 154 g/mol. The Morgan fingerprint density at radius 3 is 2.73 bits per heavy atom. The fourth-order valence-electron chi connectivity index (χ4n) is 0.800. The van der Waals surface area contributed by atoms with Crippen LogP contribution >= 0.6 is 0 Å². The normalized spacial score (nSPS) is 9.73. The first-order chi connectivity index (χ1) is 5.15. The summed E-state index contributed by atoms with van der Waals surface area (Å²) >= 11 is 0. The lowest BCUT2D eigenvalue weighted by Crippen LogP contribution is -1.94. The van der Waals surface area contributed by atoms with Gasteiger partial charge in [0, 0.05) is 6.07 Å². The number of rotatable bonds is 1. The van der Waals surface area contributed by atoms with Crippen molar-refractivity contribution < 1.29 is 9.13 Å². The predicted octanol–water partition coefficient (Wildman–Crippen LogP) is 1.60. The molecule has 0 bridgehead atoms. The third kappa shape index (κ3) is 1.42. The van der Waals surface area contributed by atoms with Crippen LogP contribution in [0.1, 0.15) is 5.56 Å². The lowest BCUT2D eigenvalue weighted by atomic mass is 10.2. The Kier molecular flexibility index (Phi) is 1.98. The highest BCUT2D eigenvalue weighted by atomic mass is 19.1. The monoisotopic (exact) mass is 154 g/mol. The van der Waals surface area contributed by atoms with Crippen LogP contribution in [0.25, 0.3) is 0 Å². The van der Waals surface area contributed by atoms with Gasteiger partial charge in [0.1, 0.15) is 11.6 Å². The van der Waals surface area contributed by atoms with E-state index >= 15 is 0 Å². The minimum atomic E-state index is -0.462. The van der Waals surface area contributed by atoms with Gasteiger partial charge in [0.2, 0.25) is 0 Å². The average Bonchev–Trinajstić information content (AvgIpc) is 1.97. The number of nitrogen functional groups attached to an aromatic ring is 1. The van der Waals surface area contributed by atoms with Crippen molar-refractivity contribution in [1.29, 1.82) is 0 Å². The number of anilines is 1. The predicted molar refractivity (Wildman–Crippen MR) is 41.8 cm³/mol. The minimum Gasteiger partial charge on any atom is -0.496 e. The summed E-state index contributed by atoms with van der Waals surface area (Å²) in [6.07, 6.45) is 0. The van der Waals surface area contributed by atoms with E-state index in [2.05, 4.69) is 6.92 Å². The summed E-state index contributed by atoms with van der Waals surface area (Å²) in [5, 5.41) is 0. The van der Waals surface area contributed by atoms with Crippen molar-refractivity contribution >= 4 is 5.69 Å². The number of halogens is 1. The van der Waals surface area contributed by atoms with Gasteiger partial charge in [0.25, 0.3) is 0 Å². The van der Waals surface area contributed by atoms with E-state index in [1.165, 1.54) is 19.2 Å². The molecule has 0 amide bonds. The SMILES string of the molecule is [CH2]c1cc(F)c(N)cc1OC. The molecule has 0 aliphatic rings. The number of methoxy groups -OCH3 is 1. The van der Waals surface area contributed by atoms with Gasteiger partial charge in [-0.2, -0.15) is 0 Å². The molecule has 2 nitrogen and oxygen atoms in total. The van der Waals surface area contributed by atoms with Gasteiger partial charge in [-0.3, -0.25) is 0 Å². The molecule has 0 spiro atoms. The highest BCUT2D eigenvalue weighted by Gasteiger charge is 2.03. The Bertz CT molecular complexity index is 273. The standard InChI is InChI=1S/C8H9FNO/c1-5-3-6(9)7(10)4-8(5)11-2/h3-4H,1,10H2,2H3. The van der Waals surface area contributed by atoms with Crippen LogP contribution in [0.5, 0.6) is 5.75 Å². The van der Waals surface area contributed by atoms with Gasteiger partial charge in [0.15, 0.2) is 0 Å². The maximum Gasteiger partial charge on any atom is 0.146 e. The number of hydrogen-bond donors (Lipinski definition) is 1. The second-order valence-electron chi connectivity index (χ2n) is 2.19. The lowest BCUT2D eigenvalue weighted by molar-refractivity contribution is 0.412. The van der Waals surface area contributed by atoms with Gasteiger partial charge in [-0.25, -0.2) is 4.39 Å². The molecular weight excluding hydrogens is 145 g/mol. The molecule has 2 N–H and O–H groups in total. The first-order valence-corrected chi connectivity index (χ1v) is 3.10. The third-order valence-electron chi connectivity index (χ3n) is 1.40. The van der Waals surface area contributed by atoms with Gasteiger partial charge in [0.05, 0.1) is 12.8 Å². The Morgan fingerprint density at radius 1 is 1.55 bits per heavy atom. The molecule has 1 radical (unpaired) electrons. The van der Waals surface area contributed by atoms with Gasteiger partial charge in [-0.15, -0.1) is 0 Å².